The van der Waals surface area contributed by atoms with E-state index in [0.29, 0.717) is 28.2 Å². The van der Waals surface area contributed by atoms with Gasteiger partial charge in [-0.1, -0.05) is 0 Å². The minimum Gasteiger partial charge on any atom is -0.494 e. The molecule has 0 unspecified atom stereocenters. The van der Waals surface area contributed by atoms with E-state index in [1.165, 1.54) is 24.3 Å². The topological polar surface area (TPSA) is 112 Å². The molecule has 0 aliphatic rings. The van der Waals surface area contributed by atoms with Crippen molar-refractivity contribution in [2.24, 2.45) is 0 Å². The van der Waals surface area contributed by atoms with Gasteiger partial charge in [0.2, 0.25) is 0 Å². The quantitative estimate of drug-likeness (QED) is 0.431. The molecule has 0 amide bonds. The van der Waals surface area contributed by atoms with E-state index in [1.807, 2.05) is 0 Å². The molecule has 0 saturated carbocycles. The summed E-state index contributed by atoms with van der Waals surface area (Å²) in [7, 11) is 2.60. The highest BCUT2D eigenvalue weighted by atomic mass is 16.5. The summed E-state index contributed by atoms with van der Waals surface area (Å²) in [5, 5.41) is 8.72. The number of ketones is 1. The molecule has 0 saturated heterocycles. The van der Waals surface area contributed by atoms with E-state index in [0.717, 1.165) is 7.11 Å². The molecule has 0 aliphatic heterocycles. The zero-order valence-electron chi connectivity index (χ0n) is 12.7. The standard InChI is InChI=1S/C14H13N5O4/c1-7-4-17-19(18-7)13-11-10(9(22-2)6-16-13)8(5-15-11)12(20)14(21)23-3/h4-6,15H,1-3H3. The summed E-state index contributed by atoms with van der Waals surface area (Å²) in [5.74, 6) is -1.00. The monoisotopic (exact) mass is 315 g/mol. The van der Waals surface area contributed by atoms with Gasteiger partial charge in [0.15, 0.2) is 5.82 Å². The van der Waals surface area contributed by atoms with Gasteiger partial charge in [0.1, 0.15) is 5.75 Å². The lowest BCUT2D eigenvalue weighted by Crippen LogP contribution is -2.15. The minimum atomic E-state index is -0.959. The normalized spacial score (nSPS) is 10.7. The van der Waals surface area contributed by atoms with Crippen LogP contribution in [-0.2, 0) is 9.53 Å². The summed E-state index contributed by atoms with van der Waals surface area (Å²) in [6.45, 7) is 1.80. The van der Waals surface area contributed by atoms with Crippen LogP contribution >= 0.6 is 0 Å². The van der Waals surface area contributed by atoms with Crippen molar-refractivity contribution in [1.29, 1.82) is 0 Å². The van der Waals surface area contributed by atoms with Crippen LogP contribution in [0.3, 0.4) is 0 Å². The smallest absolute Gasteiger partial charge is 0.379 e. The highest BCUT2D eigenvalue weighted by Gasteiger charge is 2.25. The molecule has 0 spiro atoms. The number of fused-ring (bicyclic) bond motifs is 1. The van der Waals surface area contributed by atoms with Crippen molar-refractivity contribution >= 4 is 22.7 Å². The van der Waals surface area contributed by atoms with Gasteiger partial charge in [0.25, 0.3) is 5.78 Å². The highest BCUT2D eigenvalue weighted by Crippen LogP contribution is 2.31. The Labute approximate surface area is 130 Å². The molecular weight excluding hydrogens is 302 g/mol. The van der Waals surface area contributed by atoms with Crippen molar-refractivity contribution in [2.75, 3.05) is 14.2 Å². The van der Waals surface area contributed by atoms with Crippen LogP contribution in [0.4, 0.5) is 0 Å². The van der Waals surface area contributed by atoms with Gasteiger partial charge >= 0.3 is 5.97 Å². The van der Waals surface area contributed by atoms with Gasteiger partial charge in [-0.3, -0.25) is 4.79 Å². The van der Waals surface area contributed by atoms with E-state index >= 15 is 0 Å². The number of esters is 1. The Hall–Kier alpha value is -3.23. The lowest BCUT2D eigenvalue weighted by Gasteiger charge is -2.06. The summed E-state index contributed by atoms with van der Waals surface area (Å²) in [5.41, 5.74) is 1.33. The Morgan fingerprint density at radius 2 is 2.04 bits per heavy atom. The number of rotatable bonds is 4. The first-order valence-corrected chi connectivity index (χ1v) is 6.62. The first kappa shape index (κ1) is 14.7. The summed E-state index contributed by atoms with van der Waals surface area (Å²) < 4.78 is 9.74. The number of Topliss-reactive ketones (excluding diaryl/α,β-unsaturated/α-hetero) is 1. The van der Waals surface area contributed by atoms with Gasteiger partial charge in [-0.25, -0.2) is 9.78 Å². The summed E-state index contributed by atoms with van der Waals surface area (Å²) in [6.07, 6.45) is 4.44. The number of H-pyrrole nitrogens is 1. The fourth-order valence-corrected chi connectivity index (χ4v) is 2.23. The van der Waals surface area contributed by atoms with Gasteiger partial charge in [-0.2, -0.15) is 10.2 Å². The van der Waals surface area contributed by atoms with Crippen molar-refractivity contribution in [2.45, 2.75) is 6.92 Å². The van der Waals surface area contributed by atoms with E-state index in [4.69, 9.17) is 4.74 Å². The Bertz CT molecular complexity index is 911. The SMILES string of the molecule is COC(=O)C(=O)c1c[nH]c2c(-n3ncc(C)n3)ncc(OC)c12. The van der Waals surface area contributed by atoms with Gasteiger partial charge in [0.05, 0.1) is 48.8 Å². The minimum absolute atomic E-state index is 0.135. The second-order valence-corrected chi connectivity index (χ2v) is 4.70. The fraction of sp³-hybridized carbons (Fsp3) is 0.214. The molecule has 118 valence electrons. The highest BCUT2D eigenvalue weighted by molar-refractivity contribution is 6.43. The number of methoxy groups -OCH3 is 2. The van der Waals surface area contributed by atoms with Gasteiger partial charge in [-0.05, 0) is 6.92 Å². The third-order valence-electron chi connectivity index (χ3n) is 3.29. The van der Waals surface area contributed by atoms with Crippen LogP contribution < -0.4 is 4.74 Å². The van der Waals surface area contributed by atoms with Crippen LogP contribution in [0.2, 0.25) is 0 Å². The average Bonchev–Trinajstić information content (AvgIpc) is 3.19. The average molecular weight is 315 g/mol. The number of carbonyl (C=O) groups excluding carboxylic acids is 2. The molecular formula is C14H13N5O4. The number of pyridine rings is 1. The molecule has 3 heterocycles. The predicted octanol–water partition coefficient (Wildman–Crippen LogP) is 0.816. The van der Waals surface area contributed by atoms with Crippen LogP contribution in [0.25, 0.3) is 16.7 Å². The molecule has 0 fully saturated rings. The molecule has 1 N–H and O–H groups in total. The number of aryl methyl sites for hydroxylation is 1. The Kier molecular flexibility index (Phi) is 3.53. The van der Waals surface area contributed by atoms with Crippen LogP contribution in [0.15, 0.2) is 18.6 Å². The van der Waals surface area contributed by atoms with E-state index < -0.39 is 11.8 Å². The number of aromatic amines is 1. The first-order valence-electron chi connectivity index (χ1n) is 6.62. The lowest BCUT2D eigenvalue weighted by molar-refractivity contribution is -0.135. The maximum Gasteiger partial charge on any atom is 0.379 e. The summed E-state index contributed by atoms with van der Waals surface area (Å²) >= 11 is 0. The van der Waals surface area contributed by atoms with E-state index in [9.17, 15) is 9.59 Å². The van der Waals surface area contributed by atoms with Gasteiger partial charge in [0, 0.05) is 6.20 Å². The molecule has 9 heteroatoms. The molecule has 23 heavy (non-hydrogen) atoms. The molecule has 0 bridgehead atoms. The molecule has 3 aromatic heterocycles. The number of carbonyl (C=O) groups is 2. The van der Waals surface area contributed by atoms with Crippen LogP contribution in [-0.4, -0.2) is 50.9 Å². The number of aromatic nitrogens is 5. The number of hydrogen-bond acceptors (Lipinski definition) is 7. The second-order valence-electron chi connectivity index (χ2n) is 4.70. The number of nitrogens with zero attached hydrogens (tertiary/aromatic N) is 4. The Morgan fingerprint density at radius 3 is 2.65 bits per heavy atom. The van der Waals surface area contributed by atoms with Crippen LogP contribution in [0, 0.1) is 6.92 Å². The maximum atomic E-state index is 12.2. The van der Waals surface area contributed by atoms with Crippen molar-refractivity contribution < 1.29 is 19.1 Å². The first-order chi connectivity index (χ1) is 11.1. The maximum absolute atomic E-state index is 12.2. The van der Waals surface area contributed by atoms with E-state index in [1.54, 1.807) is 13.1 Å². The van der Waals surface area contributed by atoms with Crippen LogP contribution in [0.5, 0.6) is 5.75 Å². The molecule has 3 aromatic rings. The summed E-state index contributed by atoms with van der Waals surface area (Å²) in [6, 6.07) is 0. The van der Waals surface area contributed by atoms with Crippen LogP contribution in [0.1, 0.15) is 16.1 Å². The third kappa shape index (κ3) is 2.31. The number of nitrogens with one attached hydrogen (secondary N) is 1. The Morgan fingerprint density at radius 1 is 1.26 bits per heavy atom. The Balaban J connectivity index is 2.26. The van der Waals surface area contributed by atoms with E-state index in [-0.39, 0.29) is 5.56 Å². The molecule has 0 radical (unpaired) electrons. The largest absolute Gasteiger partial charge is 0.494 e. The second kappa shape index (κ2) is 5.52. The zero-order chi connectivity index (χ0) is 16.6. The zero-order valence-corrected chi connectivity index (χ0v) is 12.7. The van der Waals surface area contributed by atoms with Crippen molar-refractivity contribution in [3.63, 3.8) is 0 Å². The lowest BCUT2D eigenvalue weighted by atomic mass is 10.1. The van der Waals surface area contributed by atoms with Crippen molar-refractivity contribution in [1.82, 2.24) is 25.0 Å². The summed E-state index contributed by atoms with van der Waals surface area (Å²) in [4.78, 5) is 32.2. The molecule has 3 rings (SSSR count). The molecule has 0 aromatic carbocycles. The van der Waals surface area contributed by atoms with Crippen molar-refractivity contribution in [3.05, 3.63) is 29.8 Å². The van der Waals surface area contributed by atoms with Crippen molar-refractivity contribution in [3.8, 4) is 11.6 Å². The molecule has 0 atom stereocenters. The predicted molar refractivity (Wildman–Crippen MR) is 78.6 cm³/mol. The number of ether oxygens (including phenoxy) is 2. The third-order valence-corrected chi connectivity index (χ3v) is 3.29. The van der Waals surface area contributed by atoms with Gasteiger partial charge < -0.3 is 14.5 Å². The molecule has 9 nitrogen and oxygen atoms in total. The van der Waals surface area contributed by atoms with Gasteiger partial charge in [-0.15, -0.1) is 4.80 Å². The molecule has 0 aliphatic carbocycles. The fourth-order valence-electron chi connectivity index (χ4n) is 2.23. The number of hydrogen-bond donors (Lipinski definition) is 1. The van der Waals surface area contributed by atoms with E-state index in [2.05, 4.69) is 24.9 Å².